The molecule has 0 aliphatic heterocycles. The van der Waals surface area contributed by atoms with Crippen molar-refractivity contribution >= 4 is 5.78 Å². The molecule has 1 aromatic rings. The third kappa shape index (κ3) is 4.19. The van der Waals surface area contributed by atoms with Gasteiger partial charge in [-0.2, -0.15) is 13.2 Å². The van der Waals surface area contributed by atoms with Crippen molar-refractivity contribution in [3.63, 3.8) is 0 Å². The third-order valence-corrected chi connectivity index (χ3v) is 2.12. The predicted octanol–water partition coefficient (Wildman–Crippen LogP) is 3.31. The summed E-state index contributed by atoms with van der Waals surface area (Å²) in [7, 11) is 0. The third-order valence-electron chi connectivity index (χ3n) is 2.12. The van der Waals surface area contributed by atoms with Crippen LogP contribution in [-0.2, 0) is 10.9 Å². The number of Topliss-reactive ketones (excluding diaryl/α,β-unsaturated/α-hetero) is 1. The van der Waals surface area contributed by atoms with E-state index in [1.165, 1.54) is 12.1 Å². The maximum Gasteiger partial charge on any atom is 0.416 e. The summed E-state index contributed by atoms with van der Waals surface area (Å²) < 4.78 is 41.8. The van der Waals surface area contributed by atoms with E-state index in [0.717, 1.165) is 18.6 Å². The van der Waals surface area contributed by atoms with Gasteiger partial charge in [0, 0.05) is 12.2 Å². The number of hydrogen-bond donors (Lipinski definition) is 0. The molecule has 0 fully saturated rings. The van der Waals surface area contributed by atoms with Crippen LogP contribution in [-0.4, -0.2) is 19.0 Å². The van der Waals surface area contributed by atoms with Gasteiger partial charge in [-0.1, -0.05) is 19.1 Å². The molecule has 0 saturated heterocycles. The molecule has 0 amide bonds. The van der Waals surface area contributed by atoms with Crippen molar-refractivity contribution in [2.45, 2.75) is 19.5 Å². The molecule has 0 heterocycles. The molecule has 1 rings (SSSR count). The van der Waals surface area contributed by atoms with Gasteiger partial charge in [-0.05, 0) is 18.6 Å². The average Bonchev–Trinajstić information content (AvgIpc) is 2.28. The molecule has 17 heavy (non-hydrogen) atoms. The number of rotatable bonds is 5. The molecule has 0 aliphatic rings. The largest absolute Gasteiger partial charge is 0.416 e. The molecule has 0 aliphatic carbocycles. The summed E-state index contributed by atoms with van der Waals surface area (Å²) in [6, 6.07) is 4.13. The number of alkyl halides is 3. The average molecular weight is 246 g/mol. The molecule has 5 heteroatoms. The van der Waals surface area contributed by atoms with Crippen molar-refractivity contribution in [1.82, 2.24) is 0 Å². The zero-order chi connectivity index (χ0) is 12.9. The van der Waals surface area contributed by atoms with Gasteiger partial charge in [0.1, 0.15) is 6.61 Å². The second-order valence-electron chi connectivity index (χ2n) is 3.55. The fourth-order valence-electron chi connectivity index (χ4n) is 1.24. The summed E-state index contributed by atoms with van der Waals surface area (Å²) in [5.41, 5.74) is -0.530. The monoisotopic (exact) mass is 246 g/mol. The van der Waals surface area contributed by atoms with Crippen molar-refractivity contribution in [3.8, 4) is 0 Å². The van der Waals surface area contributed by atoms with Crippen molar-refractivity contribution in [3.05, 3.63) is 35.4 Å². The minimum atomic E-state index is -4.37. The topological polar surface area (TPSA) is 26.3 Å². The van der Waals surface area contributed by atoms with Crippen LogP contribution in [0, 0.1) is 0 Å². The minimum absolute atomic E-state index is 0.0980. The Balaban J connectivity index is 2.64. The molecule has 0 spiro atoms. The molecule has 0 aromatic heterocycles. The first-order valence-electron chi connectivity index (χ1n) is 5.23. The zero-order valence-electron chi connectivity index (χ0n) is 9.38. The molecule has 0 N–H and O–H groups in total. The van der Waals surface area contributed by atoms with Gasteiger partial charge in [0.15, 0.2) is 5.78 Å². The Morgan fingerprint density at radius 1 is 1.24 bits per heavy atom. The van der Waals surface area contributed by atoms with E-state index in [4.69, 9.17) is 4.74 Å². The number of halogens is 3. The Morgan fingerprint density at radius 2 is 1.82 bits per heavy atom. The maximum absolute atomic E-state index is 12.3. The SMILES string of the molecule is CCCOCC(=O)c1ccc(C(F)(F)F)cc1. The first-order chi connectivity index (χ1) is 7.95. The van der Waals surface area contributed by atoms with E-state index in [9.17, 15) is 18.0 Å². The standard InChI is InChI=1S/C12H13F3O2/c1-2-7-17-8-11(16)9-3-5-10(6-4-9)12(13,14)15/h3-6H,2,7-8H2,1H3. The highest BCUT2D eigenvalue weighted by atomic mass is 19.4. The molecule has 1 aromatic carbocycles. The van der Waals surface area contributed by atoms with E-state index in [-0.39, 0.29) is 18.0 Å². The highest BCUT2D eigenvalue weighted by Crippen LogP contribution is 2.29. The molecule has 0 unspecified atom stereocenters. The van der Waals surface area contributed by atoms with Crippen molar-refractivity contribution in [1.29, 1.82) is 0 Å². The van der Waals surface area contributed by atoms with E-state index in [2.05, 4.69) is 0 Å². The number of hydrogen-bond acceptors (Lipinski definition) is 2. The van der Waals surface area contributed by atoms with E-state index < -0.39 is 11.7 Å². The van der Waals surface area contributed by atoms with Crippen LogP contribution in [0.25, 0.3) is 0 Å². The van der Waals surface area contributed by atoms with E-state index in [1.807, 2.05) is 6.92 Å². The Hall–Kier alpha value is -1.36. The number of carbonyl (C=O) groups is 1. The minimum Gasteiger partial charge on any atom is -0.373 e. The molecule has 0 saturated carbocycles. The van der Waals surface area contributed by atoms with E-state index >= 15 is 0 Å². The lowest BCUT2D eigenvalue weighted by atomic mass is 10.1. The summed E-state index contributed by atoms with van der Waals surface area (Å²) in [6.45, 7) is 2.27. The van der Waals surface area contributed by atoms with Gasteiger partial charge in [-0.15, -0.1) is 0 Å². The van der Waals surface area contributed by atoms with Crippen LogP contribution in [0.1, 0.15) is 29.3 Å². The highest BCUT2D eigenvalue weighted by Gasteiger charge is 2.30. The maximum atomic E-state index is 12.3. The summed E-state index contributed by atoms with van der Waals surface area (Å²) >= 11 is 0. The molecule has 2 nitrogen and oxygen atoms in total. The van der Waals surface area contributed by atoms with Gasteiger partial charge in [-0.3, -0.25) is 4.79 Å². The van der Waals surface area contributed by atoms with E-state index in [0.29, 0.717) is 6.61 Å². The van der Waals surface area contributed by atoms with Gasteiger partial charge in [-0.25, -0.2) is 0 Å². The zero-order valence-corrected chi connectivity index (χ0v) is 9.38. The second-order valence-corrected chi connectivity index (χ2v) is 3.55. The quantitative estimate of drug-likeness (QED) is 0.588. The van der Waals surface area contributed by atoms with Crippen LogP contribution < -0.4 is 0 Å². The van der Waals surface area contributed by atoms with Gasteiger partial charge in [0.05, 0.1) is 5.56 Å². The van der Waals surface area contributed by atoms with Crippen molar-refractivity contribution in [2.24, 2.45) is 0 Å². The normalized spacial score (nSPS) is 11.5. The lowest BCUT2D eigenvalue weighted by Gasteiger charge is -2.07. The lowest BCUT2D eigenvalue weighted by Crippen LogP contribution is -2.10. The first kappa shape index (κ1) is 13.7. The number of benzene rings is 1. The molecule has 94 valence electrons. The summed E-state index contributed by atoms with van der Waals surface area (Å²) in [4.78, 5) is 11.5. The van der Waals surface area contributed by atoms with Crippen molar-refractivity contribution in [2.75, 3.05) is 13.2 Å². The van der Waals surface area contributed by atoms with Gasteiger partial charge in [0.25, 0.3) is 0 Å². The van der Waals surface area contributed by atoms with Gasteiger partial charge in [0.2, 0.25) is 0 Å². The molecule has 0 bridgehead atoms. The summed E-state index contributed by atoms with van der Waals surface area (Å²) in [6.07, 6.45) is -3.58. The Kier molecular flexibility index (Phi) is 4.69. The summed E-state index contributed by atoms with van der Waals surface area (Å²) in [5.74, 6) is -0.313. The smallest absolute Gasteiger partial charge is 0.373 e. The van der Waals surface area contributed by atoms with Crippen LogP contribution in [0.2, 0.25) is 0 Å². The van der Waals surface area contributed by atoms with Crippen LogP contribution in [0.3, 0.4) is 0 Å². The fraction of sp³-hybridized carbons (Fsp3) is 0.417. The van der Waals surface area contributed by atoms with Crippen LogP contribution >= 0.6 is 0 Å². The van der Waals surface area contributed by atoms with Gasteiger partial charge >= 0.3 is 6.18 Å². The Labute approximate surface area is 97.4 Å². The number of carbonyl (C=O) groups excluding carboxylic acids is 1. The Morgan fingerprint density at radius 3 is 2.29 bits per heavy atom. The van der Waals surface area contributed by atoms with Crippen LogP contribution in [0.15, 0.2) is 24.3 Å². The molecule has 0 atom stereocenters. The molecular formula is C12H13F3O2. The molecular weight excluding hydrogens is 233 g/mol. The van der Waals surface area contributed by atoms with Gasteiger partial charge < -0.3 is 4.74 Å². The number of ketones is 1. The summed E-state index contributed by atoms with van der Waals surface area (Å²) in [5, 5.41) is 0. The Bertz CT molecular complexity index is 368. The number of ether oxygens (including phenoxy) is 1. The second kappa shape index (κ2) is 5.82. The van der Waals surface area contributed by atoms with Crippen LogP contribution in [0.4, 0.5) is 13.2 Å². The fourth-order valence-corrected chi connectivity index (χ4v) is 1.24. The lowest BCUT2D eigenvalue weighted by molar-refractivity contribution is -0.137. The van der Waals surface area contributed by atoms with Crippen LogP contribution in [0.5, 0.6) is 0 Å². The predicted molar refractivity (Wildman–Crippen MR) is 56.9 cm³/mol. The highest BCUT2D eigenvalue weighted by molar-refractivity contribution is 5.97. The first-order valence-corrected chi connectivity index (χ1v) is 5.23. The van der Waals surface area contributed by atoms with E-state index in [1.54, 1.807) is 0 Å². The van der Waals surface area contributed by atoms with Crippen molar-refractivity contribution < 1.29 is 22.7 Å². The molecule has 0 radical (unpaired) electrons.